The molecule has 0 radical (unpaired) electrons. The largest absolute Gasteiger partial charge is 0.382 e. The third-order valence-corrected chi connectivity index (χ3v) is 5.10. The zero-order valence-electron chi connectivity index (χ0n) is 16.1. The Balaban J connectivity index is 1.78. The summed E-state index contributed by atoms with van der Waals surface area (Å²) in [4.78, 5) is 3.80. The van der Waals surface area contributed by atoms with E-state index in [1.807, 2.05) is 0 Å². The summed E-state index contributed by atoms with van der Waals surface area (Å²) in [7, 11) is 0. The Morgan fingerprint density at radius 3 is 2.45 bits per heavy atom. The van der Waals surface area contributed by atoms with E-state index in [-0.39, 0.29) is 17.8 Å². The molecule has 0 saturated carbocycles. The summed E-state index contributed by atoms with van der Waals surface area (Å²) >= 11 is 0. The van der Waals surface area contributed by atoms with Gasteiger partial charge in [0.25, 0.3) is 0 Å². The first kappa shape index (κ1) is 20.7. The predicted molar refractivity (Wildman–Crippen MR) is 100.0 cm³/mol. The normalized spacial score (nSPS) is 14.4. The summed E-state index contributed by atoms with van der Waals surface area (Å²) in [6.07, 6.45) is 3.80. The van der Waals surface area contributed by atoms with Crippen LogP contribution in [0, 0.1) is 23.3 Å². The van der Waals surface area contributed by atoms with Crippen molar-refractivity contribution >= 4 is 0 Å². The van der Waals surface area contributed by atoms with Gasteiger partial charge in [-0.25, -0.2) is 31.9 Å². The molecule has 0 bridgehead atoms. The van der Waals surface area contributed by atoms with E-state index in [0.29, 0.717) is 6.07 Å². The van der Waals surface area contributed by atoms with Crippen LogP contribution in [0.3, 0.4) is 0 Å². The van der Waals surface area contributed by atoms with Gasteiger partial charge in [-0.15, -0.1) is 5.10 Å². The monoisotopic (exact) mass is 432 g/mol. The maximum absolute atomic E-state index is 14.6. The van der Waals surface area contributed by atoms with Gasteiger partial charge in [0.05, 0.1) is 18.4 Å². The average molecular weight is 432 g/mol. The van der Waals surface area contributed by atoms with E-state index in [1.165, 1.54) is 36.5 Å². The molecule has 2 heterocycles. The first-order valence-electron chi connectivity index (χ1n) is 9.16. The highest BCUT2D eigenvalue weighted by atomic mass is 19.1. The SMILES string of the molecule is CC(c1cn(-c2c(F)cccc2F)nn1)C(O)(Cn1cncn1)c1ccc(F)cc1F. The molecule has 0 aliphatic carbocycles. The minimum Gasteiger partial charge on any atom is -0.382 e. The first-order chi connectivity index (χ1) is 14.8. The van der Waals surface area contributed by atoms with Crippen molar-refractivity contribution in [2.24, 2.45) is 0 Å². The summed E-state index contributed by atoms with van der Waals surface area (Å²) in [6, 6.07) is 6.14. The minimum atomic E-state index is -1.97. The Hall–Kier alpha value is -3.60. The standard InChI is InChI=1S/C20H16F4N6O/c1-12(18-8-30(28-27-18)19-15(22)3-2-4-16(19)23)20(31,9-29-11-25-10-26-29)14-6-5-13(21)7-17(14)24/h2-8,10-12,31H,9H2,1H3. The van der Waals surface area contributed by atoms with Crippen molar-refractivity contribution in [2.75, 3.05) is 0 Å². The highest BCUT2D eigenvalue weighted by Gasteiger charge is 2.41. The van der Waals surface area contributed by atoms with Gasteiger partial charge in [0.15, 0.2) is 11.6 Å². The minimum absolute atomic E-state index is 0.119. The Kier molecular flexibility index (Phi) is 5.27. The second kappa shape index (κ2) is 7.91. The molecule has 2 unspecified atom stereocenters. The lowest BCUT2D eigenvalue weighted by atomic mass is 9.80. The number of hydrogen-bond acceptors (Lipinski definition) is 5. The third-order valence-electron chi connectivity index (χ3n) is 5.10. The van der Waals surface area contributed by atoms with E-state index >= 15 is 0 Å². The molecule has 0 fully saturated rings. The van der Waals surface area contributed by atoms with Gasteiger partial charge in [-0.1, -0.05) is 24.3 Å². The Bertz CT molecular complexity index is 1190. The van der Waals surface area contributed by atoms with Crippen molar-refractivity contribution in [3.63, 3.8) is 0 Å². The Labute approximate surface area is 173 Å². The third kappa shape index (κ3) is 3.79. The van der Waals surface area contributed by atoms with Crippen molar-refractivity contribution in [2.45, 2.75) is 25.0 Å². The van der Waals surface area contributed by atoms with Crippen LogP contribution in [-0.2, 0) is 12.1 Å². The van der Waals surface area contributed by atoms with E-state index in [9.17, 15) is 22.7 Å². The number of aromatic nitrogens is 6. The molecule has 7 nitrogen and oxygen atoms in total. The van der Waals surface area contributed by atoms with Crippen molar-refractivity contribution in [1.29, 1.82) is 0 Å². The summed E-state index contributed by atoms with van der Waals surface area (Å²) in [5.74, 6) is -4.43. The number of rotatable bonds is 6. The maximum atomic E-state index is 14.6. The van der Waals surface area contributed by atoms with Crippen molar-refractivity contribution in [3.05, 3.63) is 89.8 Å². The second-order valence-electron chi connectivity index (χ2n) is 7.02. The molecule has 0 spiro atoms. The fourth-order valence-electron chi connectivity index (χ4n) is 3.39. The molecular weight excluding hydrogens is 416 g/mol. The Morgan fingerprint density at radius 2 is 1.81 bits per heavy atom. The van der Waals surface area contributed by atoms with Crippen molar-refractivity contribution in [3.8, 4) is 5.69 Å². The number of hydrogen-bond donors (Lipinski definition) is 1. The average Bonchev–Trinajstić information content (AvgIpc) is 3.39. The van der Waals surface area contributed by atoms with E-state index in [0.717, 1.165) is 28.9 Å². The fraction of sp³-hybridized carbons (Fsp3) is 0.200. The van der Waals surface area contributed by atoms with Crippen LogP contribution in [-0.4, -0.2) is 34.9 Å². The number of halogens is 4. The van der Waals surface area contributed by atoms with Gasteiger partial charge in [-0.05, 0) is 18.2 Å². The van der Waals surface area contributed by atoms with Gasteiger partial charge < -0.3 is 5.11 Å². The molecule has 0 aliphatic rings. The van der Waals surface area contributed by atoms with E-state index in [2.05, 4.69) is 20.4 Å². The molecule has 0 saturated heterocycles. The highest BCUT2D eigenvalue weighted by Crippen LogP contribution is 2.39. The van der Waals surface area contributed by atoms with Crippen LogP contribution < -0.4 is 0 Å². The molecule has 1 N–H and O–H groups in total. The smallest absolute Gasteiger partial charge is 0.151 e. The van der Waals surface area contributed by atoms with E-state index < -0.39 is 40.5 Å². The number of nitrogens with zero attached hydrogens (tertiary/aromatic N) is 6. The zero-order chi connectivity index (χ0) is 22.2. The summed E-state index contributed by atoms with van der Waals surface area (Å²) < 4.78 is 58.5. The van der Waals surface area contributed by atoms with Crippen LogP contribution in [0.2, 0.25) is 0 Å². The molecule has 160 valence electrons. The molecular formula is C20H16F4N6O. The van der Waals surface area contributed by atoms with Crippen molar-refractivity contribution in [1.82, 2.24) is 29.8 Å². The number of para-hydroxylation sites is 1. The lowest BCUT2D eigenvalue weighted by molar-refractivity contribution is -0.0123. The van der Waals surface area contributed by atoms with Gasteiger partial charge in [0.2, 0.25) is 0 Å². The lowest BCUT2D eigenvalue weighted by Crippen LogP contribution is -2.38. The zero-order valence-corrected chi connectivity index (χ0v) is 16.1. The number of benzene rings is 2. The van der Waals surface area contributed by atoms with Crippen LogP contribution in [0.25, 0.3) is 5.69 Å². The van der Waals surface area contributed by atoms with Crippen LogP contribution in [0.1, 0.15) is 24.1 Å². The number of aliphatic hydroxyl groups is 1. The van der Waals surface area contributed by atoms with E-state index in [4.69, 9.17) is 0 Å². The molecule has 2 aromatic heterocycles. The van der Waals surface area contributed by atoms with Crippen LogP contribution in [0.5, 0.6) is 0 Å². The Morgan fingerprint density at radius 1 is 1.06 bits per heavy atom. The predicted octanol–water partition coefficient (Wildman–Crippen LogP) is 3.11. The van der Waals surface area contributed by atoms with Crippen molar-refractivity contribution < 1.29 is 22.7 Å². The molecule has 2 atom stereocenters. The molecule has 4 rings (SSSR count). The molecule has 2 aromatic carbocycles. The fourth-order valence-corrected chi connectivity index (χ4v) is 3.39. The lowest BCUT2D eigenvalue weighted by Gasteiger charge is -2.33. The maximum Gasteiger partial charge on any atom is 0.151 e. The van der Waals surface area contributed by atoms with Crippen LogP contribution >= 0.6 is 0 Å². The van der Waals surface area contributed by atoms with Gasteiger partial charge in [-0.2, -0.15) is 5.10 Å². The molecule has 31 heavy (non-hydrogen) atoms. The van der Waals surface area contributed by atoms with Crippen LogP contribution in [0.15, 0.2) is 55.2 Å². The molecule has 4 aromatic rings. The van der Waals surface area contributed by atoms with Gasteiger partial charge >= 0.3 is 0 Å². The molecule has 0 amide bonds. The summed E-state index contributed by atoms with van der Waals surface area (Å²) in [6.45, 7) is 1.28. The second-order valence-corrected chi connectivity index (χ2v) is 7.02. The van der Waals surface area contributed by atoms with Gasteiger partial charge in [-0.3, -0.25) is 0 Å². The first-order valence-corrected chi connectivity index (χ1v) is 9.16. The highest BCUT2D eigenvalue weighted by molar-refractivity contribution is 5.35. The molecule has 0 aliphatic heterocycles. The topological polar surface area (TPSA) is 81.6 Å². The molecule has 11 heteroatoms. The van der Waals surface area contributed by atoms with Gasteiger partial charge in [0.1, 0.15) is 35.6 Å². The summed E-state index contributed by atoms with van der Waals surface area (Å²) in [5.41, 5.74) is -2.50. The summed E-state index contributed by atoms with van der Waals surface area (Å²) in [5, 5.41) is 23.2. The van der Waals surface area contributed by atoms with E-state index in [1.54, 1.807) is 0 Å². The van der Waals surface area contributed by atoms with Crippen LogP contribution in [0.4, 0.5) is 17.6 Å². The quantitative estimate of drug-likeness (QED) is 0.474. The van der Waals surface area contributed by atoms with Gasteiger partial charge in [0, 0.05) is 17.5 Å².